The second-order valence-electron chi connectivity index (χ2n) is 6.88. The summed E-state index contributed by atoms with van der Waals surface area (Å²) in [5.74, 6) is -0.949. The van der Waals surface area contributed by atoms with E-state index in [4.69, 9.17) is 0 Å². The van der Waals surface area contributed by atoms with Crippen LogP contribution in [0.1, 0.15) is 21.9 Å². The summed E-state index contributed by atoms with van der Waals surface area (Å²) in [6, 6.07) is 18.9. The van der Waals surface area contributed by atoms with E-state index in [9.17, 15) is 22.0 Å². The summed E-state index contributed by atoms with van der Waals surface area (Å²) in [5, 5.41) is -1.19. The van der Waals surface area contributed by atoms with Crippen molar-refractivity contribution in [3.8, 4) is 0 Å². The Morgan fingerprint density at radius 2 is 1.42 bits per heavy atom. The highest BCUT2D eigenvalue weighted by molar-refractivity contribution is 7.95. The van der Waals surface area contributed by atoms with Gasteiger partial charge in [-0.15, -0.1) is 6.58 Å². The molecule has 0 aliphatic heterocycles. The molecule has 0 bridgehead atoms. The molecule has 0 amide bonds. The van der Waals surface area contributed by atoms with Gasteiger partial charge in [0.15, 0.2) is 16.1 Å². The van der Waals surface area contributed by atoms with Gasteiger partial charge in [-0.2, -0.15) is 0 Å². The molecule has 0 saturated carbocycles. The molecule has 6 heteroatoms. The predicted molar refractivity (Wildman–Crippen MR) is 118 cm³/mol. The van der Waals surface area contributed by atoms with Gasteiger partial charge in [0.25, 0.3) is 0 Å². The maximum absolute atomic E-state index is 13.7. The molecular weight excluding hydrogens is 418 g/mol. The van der Waals surface area contributed by atoms with Crippen LogP contribution in [0, 0.1) is 11.6 Å². The van der Waals surface area contributed by atoms with Crippen LogP contribution in [-0.2, 0) is 21.1 Å². The minimum Gasteiger partial charge on any atom is -0.298 e. The normalized spacial score (nSPS) is 13.2. The van der Waals surface area contributed by atoms with E-state index in [2.05, 4.69) is 6.58 Å². The molecule has 0 N–H and O–H groups in total. The van der Waals surface area contributed by atoms with Crippen molar-refractivity contribution in [2.24, 2.45) is 0 Å². The quantitative estimate of drug-likeness (QED) is 0.267. The fourth-order valence-electron chi connectivity index (χ4n) is 3.30. The highest BCUT2D eigenvalue weighted by Gasteiger charge is 2.31. The monoisotopic (exact) mass is 438 g/mol. The highest BCUT2D eigenvalue weighted by atomic mass is 32.2. The Balaban J connectivity index is 2.21. The van der Waals surface area contributed by atoms with Crippen LogP contribution in [0.4, 0.5) is 8.78 Å². The van der Waals surface area contributed by atoms with E-state index in [1.807, 2.05) is 0 Å². The van der Waals surface area contributed by atoms with Crippen molar-refractivity contribution in [2.75, 3.05) is 0 Å². The van der Waals surface area contributed by atoms with E-state index in [1.165, 1.54) is 54.6 Å². The van der Waals surface area contributed by atoms with Gasteiger partial charge in [0.05, 0.1) is 4.91 Å². The van der Waals surface area contributed by atoms with Crippen LogP contribution in [0.2, 0.25) is 0 Å². The Kier molecular flexibility index (Phi) is 6.92. The van der Waals surface area contributed by atoms with E-state index in [-0.39, 0.29) is 16.9 Å². The van der Waals surface area contributed by atoms with E-state index >= 15 is 0 Å². The van der Waals surface area contributed by atoms with Gasteiger partial charge >= 0.3 is 0 Å². The third-order valence-electron chi connectivity index (χ3n) is 4.87. The lowest BCUT2D eigenvalue weighted by atomic mass is 10.0. The average molecular weight is 438 g/mol. The number of hydrogen-bond acceptors (Lipinski definition) is 3. The molecule has 3 aromatic carbocycles. The van der Waals surface area contributed by atoms with Crippen molar-refractivity contribution in [1.29, 1.82) is 0 Å². The lowest BCUT2D eigenvalue weighted by Crippen LogP contribution is -2.17. The van der Waals surface area contributed by atoms with Crippen molar-refractivity contribution >= 4 is 21.7 Å². The fourth-order valence-corrected chi connectivity index (χ4v) is 5.21. The summed E-state index contributed by atoms with van der Waals surface area (Å²) in [6.07, 6.45) is 1.65. The Morgan fingerprint density at radius 3 is 1.94 bits per heavy atom. The lowest BCUT2D eigenvalue weighted by molar-refractivity contribution is -0.103. The van der Waals surface area contributed by atoms with Crippen LogP contribution >= 0.6 is 0 Å². The average Bonchev–Trinajstić information content (AvgIpc) is 2.77. The molecule has 0 fully saturated rings. The Morgan fingerprint density at radius 1 is 0.871 bits per heavy atom. The second-order valence-corrected chi connectivity index (χ2v) is 8.97. The number of sulfone groups is 1. The molecular formula is C25H20F2O3S. The molecule has 0 aliphatic carbocycles. The number of rotatable bonds is 8. The summed E-state index contributed by atoms with van der Waals surface area (Å²) in [4.78, 5) is 12.0. The van der Waals surface area contributed by atoms with Crippen molar-refractivity contribution in [2.45, 2.75) is 11.7 Å². The van der Waals surface area contributed by atoms with Crippen molar-refractivity contribution in [1.82, 2.24) is 0 Å². The molecule has 0 spiro atoms. The molecule has 0 saturated heterocycles. The number of aldehydes is 1. The largest absolute Gasteiger partial charge is 0.298 e. The smallest absolute Gasteiger partial charge is 0.186 e. The molecule has 0 aromatic heterocycles. The number of hydrogen-bond donors (Lipinski definition) is 0. The second kappa shape index (κ2) is 9.62. The van der Waals surface area contributed by atoms with Gasteiger partial charge in [-0.05, 0) is 41.0 Å². The van der Waals surface area contributed by atoms with Crippen LogP contribution in [0.5, 0.6) is 0 Å². The standard InChI is InChI=1S/C25H20F2O3S/c1-2-24(20-10-14-22(27)15-11-20)31(29,30)25(16-18-8-12-21(26)13-9-18)23(17-28)19-6-4-3-5-7-19/h2-15,17,24H,1,16H2. The SMILES string of the molecule is C=CC(c1ccc(F)cc1)S(=O)(=O)C(Cc1ccc(F)cc1)=C(C=O)c1ccccc1. The first-order valence-electron chi connectivity index (χ1n) is 9.47. The van der Waals surface area contributed by atoms with Gasteiger partial charge in [-0.25, -0.2) is 17.2 Å². The third kappa shape index (κ3) is 5.03. The minimum atomic E-state index is -4.13. The zero-order valence-electron chi connectivity index (χ0n) is 16.5. The zero-order chi connectivity index (χ0) is 22.4. The lowest BCUT2D eigenvalue weighted by Gasteiger charge is -2.19. The number of carbonyl (C=O) groups is 1. The van der Waals surface area contributed by atoms with Crippen molar-refractivity contribution in [3.05, 3.63) is 125 Å². The summed E-state index contributed by atoms with van der Waals surface area (Å²) < 4.78 is 54.2. The van der Waals surface area contributed by atoms with E-state index in [0.29, 0.717) is 23.0 Å². The van der Waals surface area contributed by atoms with Crippen molar-refractivity contribution in [3.63, 3.8) is 0 Å². The Hall–Kier alpha value is -3.38. The molecule has 1 unspecified atom stereocenters. The predicted octanol–water partition coefficient (Wildman–Crippen LogP) is 5.46. The molecule has 158 valence electrons. The van der Waals surface area contributed by atoms with Crippen LogP contribution in [0.25, 0.3) is 5.57 Å². The van der Waals surface area contributed by atoms with Gasteiger partial charge < -0.3 is 0 Å². The first kappa shape index (κ1) is 22.3. The van der Waals surface area contributed by atoms with Gasteiger partial charge in [-0.1, -0.05) is 60.7 Å². The van der Waals surface area contributed by atoms with Crippen LogP contribution in [0.3, 0.4) is 0 Å². The van der Waals surface area contributed by atoms with Gasteiger partial charge in [0.1, 0.15) is 16.9 Å². The molecule has 1 atom stereocenters. The van der Waals surface area contributed by atoms with E-state index in [1.54, 1.807) is 30.3 Å². The van der Waals surface area contributed by atoms with E-state index in [0.717, 1.165) is 0 Å². The Bertz CT molecular complexity index is 1200. The summed E-state index contributed by atoms with van der Waals surface area (Å²) in [6.45, 7) is 3.65. The summed E-state index contributed by atoms with van der Waals surface area (Å²) in [7, 11) is -4.13. The Labute approximate surface area is 180 Å². The molecule has 3 nitrogen and oxygen atoms in total. The first-order valence-corrected chi connectivity index (χ1v) is 11.0. The molecule has 0 radical (unpaired) electrons. The summed E-state index contributed by atoms with van der Waals surface area (Å²) >= 11 is 0. The number of halogens is 2. The fraction of sp³-hybridized carbons (Fsp3) is 0.0800. The maximum Gasteiger partial charge on any atom is 0.186 e. The number of carbonyl (C=O) groups excluding carboxylic acids is 1. The van der Waals surface area contributed by atoms with Crippen LogP contribution in [0.15, 0.2) is 96.4 Å². The highest BCUT2D eigenvalue weighted by Crippen LogP contribution is 2.35. The summed E-state index contributed by atoms with van der Waals surface area (Å²) in [5.41, 5.74) is 1.31. The van der Waals surface area contributed by atoms with Crippen molar-refractivity contribution < 1.29 is 22.0 Å². The number of allylic oxidation sites excluding steroid dienone is 2. The van der Waals surface area contributed by atoms with E-state index < -0.39 is 26.7 Å². The third-order valence-corrected chi connectivity index (χ3v) is 7.06. The number of benzene rings is 3. The van der Waals surface area contributed by atoms with Crippen LogP contribution < -0.4 is 0 Å². The minimum absolute atomic E-state index is 0.0129. The molecule has 3 aromatic rings. The molecule has 0 aliphatic rings. The molecule has 3 rings (SSSR count). The topological polar surface area (TPSA) is 51.2 Å². The maximum atomic E-state index is 13.7. The van der Waals surface area contributed by atoms with Gasteiger partial charge in [-0.3, -0.25) is 4.79 Å². The van der Waals surface area contributed by atoms with Gasteiger partial charge in [0, 0.05) is 12.0 Å². The first-order chi connectivity index (χ1) is 14.9. The molecule has 0 heterocycles. The zero-order valence-corrected chi connectivity index (χ0v) is 17.4. The van der Waals surface area contributed by atoms with Crippen LogP contribution in [-0.4, -0.2) is 14.7 Å². The molecule has 31 heavy (non-hydrogen) atoms. The van der Waals surface area contributed by atoms with Gasteiger partial charge in [0.2, 0.25) is 0 Å².